The van der Waals surface area contributed by atoms with Crippen LogP contribution in [-0.4, -0.2) is 31.7 Å². The lowest BCUT2D eigenvalue weighted by atomic mass is 10.1. The van der Waals surface area contributed by atoms with E-state index < -0.39 is 27.1 Å². The standard InChI is InChI=1S/C13H13N5O5S2/c1-3-4-24-13-16-15-12(25-13)14-11(19)8-5-9(17(20)21)7(2)10(6-8)18(22)23/h5-6H,3-4H2,1-2H3,(H,14,15,19). The van der Waals surface area contributed by atoms with Gasteiger partial charge < -0.3 is 0 Å². The summed E-state index contributed by atoms with van der Waals surface area (Å²) >= 11 is 2.65. The van der Waals surface area contributed by atoms with Gasteiger partial charge in [-0.2, -0.15) is 0 Å². The van der Waals surface area contributed by atoms with Crippen molar-refractivity contribution in [2.75, 3.05) is 11.1 Å². The van der Waals surface area contributed by atoms with E-state index >= 15 is 0 Å². The Labute approximate surface area is 150 Å². The number of benzene rings is 1. The van der Waals surface area contributed by atoms with Crippen molar-refractivity contribution >= 4 is 45.5 Å². The minimum Gasteiger partial charge on any atom is -0.296 e. The van der Waals surface area contributed by atoms with Gasteiger partial charge in [0.25, 0.3) is 17.3 Å². The first-order chi connectivity index (χ1) is 11.8. The fourth-order valence-corrected chi connectivity index (χ4v) is 3.54. The number of nitro benzene ring substituents is 2. The monoisotopic (exact) mass is 383 g/mol. The van der Waals surface area contributed by atoms with Crippen LogP contribution in [0.4, 0.5) is 16.5 Å². The van der Waals surface area contributed by atoms with Crippen molar-refractivity contribution in [2.24, 2.45) is 0 Å². The maximum atomic E-state index is 12.3. The van der Waals surface area contributed by atoms with Crippen LogP contribution in [0.25, 0.3) is 0 Å². The molecule has 2 rings (SSSR count). The van der Waals surface area contributed by atoms with Crippen molar-refractivity contribution in [1.82, 2.24) is 10.2 Å². The van der Waals surface area contributed by atoms with E-state index in [2.05, 4.69) is 15.5 Å². The summed E-state index contributed by atoms with van der Waals surface area (Å²) in [4.78, 5) is 32.9. The predicted molar refractivity (Wildman–Crippen MR) is 93.4 cm³/mol. The van der Waals surface area contributed by atoms with Crippen molar-refractivity contribution in [3.63, 3.8) is 0 Å². The second-order valence-electron chi connectivity index (χ2n) is 4.83. The second-order valence-corrected chi connectivity index (χ2v) is 7.15. The molecule has 0 unspecified atom stereocenters. The molecule has 1 aromatic carbocycles. The Bertz CT molecular complexity index is 803. The van der Waals surface area contributed by atoms with Crippen molar-refractivity contribution in [3.05, 3.63) is 43.5 Å². The largest absolute Gasteiger partial charge is 0.296 e. The Morgan fingerprint density at radius 3 is 2.36 bits per heavy atom. The fraction of sp³-hybridized carbons (Fsp3) is 0.308. The van der Waals surface area contributed by atoms with Crippen LogP contribution < -0.4 is 5.32 Å². The zero-order valence-corrected chi connectivity index (χ0v) is 14.8. The van der Waals surface area contributed by atoms with Crippen LogP contribution in [-0.2, 0) is 0 Å². The van der Waals surface area contributed by atoms with Gasteiger partial charge >= 0.3 is 0 Å². The number of aromatic nitrogens is 2. The van der Waals surface area contributed by atoms with Crippen LogP contribution in [0.2, 0.25) is 0 Å². The molecule has 12 heteroatoms. The molecule has 0 aliphatic heterocycles. The van der Waals surface area contributed by atoms with Crippen LogP contribution in [0.15, 0.2) is 16.5 Å². The van der Waals surface area contributed by atoms with Crippen molar-refractivity contribution in [2.45, 2.75) is 24.6 Å². The molecule has 1 amide bonds. The van der Waals surface area contributed by atoms with Crippen LogP contribution >= 0.6 is 23.1 Å². The van der Waals surface area contributed by atoms with E-state index in [-0.39, 0.29) is 16.3 Å². The number of nitrogens with one attached hydrogen (secondary N) is 1. The highest BCUT2D eigenvalue weighted by Crippen LogP contribution is 2.30. The molecule has 0 bridgehead atoms. The van der Waals surface area contributed by atoms with E-state index in [9.17, 15) is 25.0 Å². The van der Waals surface area contributed by atoms with Gasteiger partial charge in [-0.1, -0.05) is 30.0 Å². The van der Waals surface area contributed by atoms with Crippen LogP contribution in [0, 0.1) is 27.2 Å². The van der Waals surface area contributed by atoms with Crippen LogP contribution in [0.1, 0.15) is 29.3 Å². The summed E-state index contributed by atoms with van der Waals surface area (Å²) in [7, 11) is 0. The van der Waals surface area contributed by atoms with E-state index in [0.29, 0.717) is 4.34 Å². The molecule has 132 valence electrons. The lowest BCUT2D eigenvalue weighted by Gasteiger charge is -2.04. The summed E-state index contributed by atoms with van der Waals surface area (Å²) in [6, 6.07) is 2.01. The summed E-state index contributed by atoms with van der Waals surface area (Å²) < 4.78 is 0.679. The van der Waals surface area contributed by atoms with Crippen LogP contribution in [0.5, 0.6) is 0 Å². The highest BCUT2D eigenvalue weighted by Gasteiger charge is 2.25. The SMILES string of the molecule is CCCSc1nnc(NC(=O)c2cc([N+](=O)[O-])c(C)c([N+](=O)[O-])c2)s1. The maximum Gasteiger partial charge on any atom is 0.279 e. The molecule has 0 aliphatic rings. The molecule has 1 heterocycles. The molecule has 25 heavy (non-hydrogen) atoms. The summed E-state index contributed by atoms with van der Waals surface area (Å²) in [5.74, 6) is 0.133. The number of nitro groups is 2. The fourth-order valence-electron chi connectivity index (χ4n) is 1.87. The van der Waals surface area contributed by atoms with Gasteiger partial charge in [0.2, 0.25) is 5.13 Å². The molecule has 10 nitrogen and oxygen atoms in total. The van der Waals surface area contributed by atoms with Gasteiger partial charge in [-0.05, 0) is 13.3 Å². The van der Waals surface area contributed by atoms with Crippen LogP contribution in [0.3, 0.4) is 0 Å². The number of carbonyl (C=O) groups is 1. The molecule has 0 fully saturated rings. The Morgan fingerprint density at radius 1 is 1.24 bits per heavy atom. The van der Waals surface area contributed by atoms with Crippen molar-refractivity contribution in [1.29, 1.82) is 0 Å². The highest BCUT2D eigenvalue weighted by molar-refractivity contribution is 8.01. The number of rotatable bonds is 7. The van der Waals surface area contributed by atoms with E-state index in [4.69, 9.17) is 0 Å². The number of carbonyl (C=O) groups excluding carboxylic acids is 1. The van der Waals surface area contributed by atoms with Gasteiger partial charge in [-0.15, -0.1) is 10.2 Å². The molecule has 0 saturated heterocycles. The third kappa shape index (κ3) is 4.48. The van der Waals surface area contributed by atoms with Crippen molar-refractivity contribution < 1.29 is 14.6 Å². The van der Waals surface area contributed by atoms with Gasteiger partial charge in [0.15, 0.2) is 4.34 Å². The zero-order chi connectivity index (χ0) is 18.6. The summed E-state index contributed by atoms with van der Waals surface area (Å²) in [5, 5.41) is 32.5. The summed E-state index contributed by atoms with van der Waals surface area (Å²) in [5.41, 5.74) is -1.28. The number of nitrogens with zero attached hydrogens (tertiary/aromatic N) is 4. The first-order valence-electron chi connectivity index (χ1n) is 7.04. The molecule has 1 aromatic heterocycles. The normalized spacial score (nSPS) is 10.5. The Hall–Kier alpha value is -2.60. The molecule has 0 aliphatic carbocycles. The van der Waals surface area contributed by atoms with E-state index in [1.807, 2.05) is 6.92 Å². The third-order valence-corrected chi connectivity index (χ3v) is 5.24. The van der Waals surface area contributed by atoms with E-state index in [0.717, 1.165) is 35.6 Å². The van der Waals surface area contributed by atoms with Gasteiger partial charge in [0, 0.05) is 17.9 Å². The van der Waals surface area contributed by atoms with Crippen molar-refractivity contribution in [3.8, 4) is 0 Å². The molecular formula is C13H13N5O5S2. The Kier molecular flexibility index (Phi) is 5.98. The summed E-state index contributed by atoms with van der Waals surface area (Å²) in [6.45, 7) is 3.29. The topological polar surface area (TPSA) is 141 Å². The Balaban J connectivity index is 2.28. The predicted octanol–water partition coefficient (Wildman–Crippen LogP) is 3.42. The average Bonchev–Trinajstić information content (AvgIpc) is 2.99. The molecule has 2 aromatic rings. The Morgan fingerprint density at radius 2 is 1.84 bits per heavy atom. The quantitative estimate of drug-likeness (QED) is 0.332. The average molecular weight is 383 g/mol. The number of amides is 1. The zero-order valence-electron chi connectivity index (χ0n) is 13.2. The molecule has 0 saturated carbocycles. The number of thioether (sulfide) groups is 1. The highest BCUT2D eigenvalue weighted by atomic mass is 32.2. The van der Waals surface area contributed by atoms with Gasteiger partial charge in [-0.3, -0.25) is 30.3 Å². The number of hydrogen-bond donors (Lipinski definition) is 1. The number of hydrogen-bond acceptors (Lipinski definition) is 9. The van der Waals surface area contributed by atoms with E-state index in [1.54, 1.807) is 0 Å². The molecular weight excluding hydrogens is 370 g/mol. The maximum absolute atomic E-state index is 12.3. The third-order valence-electron chi connectivity index (χ3n) is 3.07. The van der Waals surface area contributed by atoms with Gasteiger partial charge in [0.1, 0.15) is 5.56 Å². The second kappa shape index (κ2) is 7.98. The molecule has 1 N–H and O–H groups in total. The summed E-state index contributed by atoms with van der Waals surface area (Å²) in [6.07, 6.45) is 0.961. The lowest BCUT2D eigenvalue weighted by Crippen LogP contribution is -2.13. The van der Waals surface area contributed by atoms with Gasteiger partial charge in [-0.25, -0.2) is 0 Å². The molecule has 0 spiro atoms. The van der Waals surface area contributed by atoms with Gasteiger partial charge in [0.05, 0.1) is 15.4 Å². The molecule has 0 radical (unpaired) electrons. The number of anilines is 1. The minimum absolute atomic E-state index is 0.110. The minimum atomic E-state index is -0.760. The first kappa shape index (κ1) is 18.7. The molecule has 0 atom stereocenters. The van der Waals surface area contributed by atoms with E-state index in [1.165, 1.54) is 18.7 Å². The lowest BCUT2D eigenvalue weighted by molar-refractivity contribution is -0.395. The smallest absolute Gasteiger partial charge is 0.279 e. The first-order valence-corrected chi connectivity index (χ1v) is 8.84.